The zero-order valence-corrected chi connectivity index (χ0v) is 18.2. The van der Waals surface area contributed by atoms with Gasteiger partial charge in [-0.15, -0.1) is 0 Å². The molecule has 2 aromatic rings. The van der Waals surface area contributed by atoms with Crippen LogP contribution >= 0.6 is 11.6 Å². The van der Waals surface area contributed by atoms with Crippen molar-refractivity contribution >= 4 is 23.4 Å². The first-order chi connectivity index (χ1) is 15.1. The molecular weight excluding hydrogens is 416 g/mol. The lowest BCUT2D eigenvalue weighted by Gasteiger charge is -2.36. The van der Waals surface area contributed by atoms with Gasteiger partial charge in [-0.2, -0.15) is 0 Å². The Balaban J connectivity index is 1.38. The van der Waals surface area contributed by atoms with Gasteiger partial charge in [0.05, 0.1) is 19.1 Å². The van der Waals surface area contributed by atoms with Crippen LogP contribution in [0.15, 0.2) is 48.5 Å². The Morgan fingerprint density at radius 3 is 2.65 bits per heavy atom. The number of benzene rings is 2. The van der Waals surface area contributed by atoms with Crippen molar-refractivity contribution in [3.05, 3.63) is 64.7 Å². The molecule has 0 spiro atoms. The summed E-state index contributed by atoms with van der Waals surface area (Å²) in [5.74, 6) is 0.564. The molecule has 1 atom stereocenters. The maximum atomic E-state index is 13.1. The molecule has 2 aliphatic heterocycles. The van der Waals surface area contributed by atoms with Gasteiger partial charge < -0.3 is 19.3 Å². The van der Waals surface area contributed by atoms with Crippen molar-refractivity contribution in [2.24, 2.45) is 5.92 Å². The van der Waals surface area contributed by atoms with E-state index in [0.717, 1.165) is 18.4 Å². The first kappa shape index (κ1) is 21.7. The number of piperidine rings is 1. The van der Waals surface area contributed by atoms with Gasteiger partial charge >= 0.3 is 0 Å². The maximum absolute atomic E-state index is 13.1. The fourth-order valence-electron chi connectivity index (χ4n) is 4.10. The SMILES string of the molecule is O=C(c1cccc(OCc2cccc(Cl)c2)c1)N1CCCC(C(=O)N2CCOCC2)C1. The van der Waals surface area contributed by atoms with E-state index in [0.29, 0.717) is 62.3 Å². The van der Waals surface area contributed by atoms with Crippen LogP contribution < -0.4 is 4.74 Å². The summed E-state index contributed by atoms with van der Waals surface area (Å²) in [5.41, 5.74) is 1.53. The summed E-state index contributed by atoms with van der Waals surface area (Å²) < 4.78 is 11.2. The fourth-order valence-corrected chi connectivity index (χ4v) is 4.31. The second-order valence-corrected chi connectivity index (χ2v) is 8.41. The van der Waals surface area contributed by atoms with Crippen molar-refractivity contribution in [1.29, 1.82) is 0 Å². The van der Waals surface area contributed by atoms with E-state index in [2.05, 4.69) is 0 Å². The molecule has 2 aliphatic rings. The normalized spacial score (nSPS) is 19.2. The summed E-state index contributed by atoms with van der Waals surface area (Å²) in [6, 6.07) is 14.7. The zero-order chi connectivity index (χ0) is 21.6. The third kappa shape index (κ3) is 5.57. The lowest BCUT2D eigenvalue weighted by atomic mass is 9.95. The average molecular weight is 443 g/mol. The van der Waals surface area contributed by atoms with E-state index in [-0.39, 0.29) is 17.7 Å². The van der Waals surface area contributed by atoms with Crippen LogP contribution in [0.1, 0.15) is 28.8 Å². The molecule has 164 valence electrons. The number of amides is 2. The minimum Gasteiger partial charge on any atom is -0.489 e. The molecule has 2 fully saturated rings. The monoisotopic (exact) mass is 442 g/mol. The molecule has 4 rings (SSSR count). The van der Waals surface area contributed by atoms with E-state index in [1.54, 1.807) is 17.0 Å². The highest BCUT2D eigenvalue weighted by Crippen LogP contribution is 2.23. The van der Waals surface area contributed by atoms with Gasteiger partial charge in [-0.05, 0) is 48.7 Å². The van der Waals surface area contributed by atoms with E-state index >= 15 is 0 Å². The number of ether oxygens (including phenoxy) is 2. The predicted molar refractivity (Wildman–Crippen MR) is 118 cm³/mol. The molecule has 2 heterocycles. The molecule has 0 saturated carbocycles. The van der Waals surface area contributed by atoms with Crippen LogP contribution in [0, 0.1) is 5.92 Å². The van der Waals surface area contributed by atoms with E-state index in [4.69, 9.17) is 21.1 Å². The first-order valence-corrected chi connectivity index (χ1v) is 11.1. The van der Waals surface area contributed by atoms with Gasteiger partial charge in [-0.1, -0.05) is 29.8 Å². The van der Waals surface area contributed by atoms with Gasteiger partial charge in [-0.25, -0.2) is 0 Å². The molecule has 1 unspecified atom stereocenters. The van der Waals surface area contributed by atoms with Crippen molar-refractivity contribution < 1.29 is 19.1 Å². The molecule has 31 heavy (non-hydrogen) atoms. The molecule has 7 heteroatoms. The zero-order valence-electron chi connectivity index (χ0n) is 17.5. The minimum atomic E-state index is -0.141. The first-order valence-electron chi connectivity index (χ1n) is 10.7. The van der Waals surface area contributed by atoms with Gasteiger partial charge in [0.25, 0.3) is 5.91 Å². The molecule has 2 aromatic carbocycles. The number of nitrogens with zero attached hydrogens (tertiary/aromatic N) is 2. The van der Waals surface area contributed by atoms with E-state index in [9.17, 15) is 9.59 Å². The van der Waals surface area contributed by atoms with Crippen LogP contribution in [-0.2, 0) is 16.1 Å². The van der Waals surface area contributed by atoms with Gasteiger partial charge in [0, 0.05) is 36.8 Å². The summed E-state index contributed by atoms with van der Waals surface area (Å²) >= 11 is 6.02. The number of rotatable bonds is 5. The van der Waals surface area contributed by atoms with Crippen LogP contribution in [0.4, 0.5) is 0 Å². The topological polar surface area (TPSA) is 59.1 Å². The quantitative estimate of drug-likeness (QED) is 0.709. The second kappa shape index (κ2) is 10.2. The Bertz CT molecular complexity index is 929. The minimum absolute atomic E-state index is 0.0623. The smallest absolute Gasteiger partial charge is 0.254 e. The third-order valence-electron chi connectivity index (χ3n) is 5.76. The Kier molecular flexibility index (Phi) is 7.10. The predicted octanol–water partition coefficient (Wildman–Crippen LogP) is 3.63. The summed E-state index contributed by atoms with van der Waals surface area (Å²) in [6.45, 7) is 3.94. The fraction of sp³-hybridized carbons (Fsp3) is 0.417. The Morgan fingerprint density at radius 2 is 1.84 bits per heavy atom. The molecule has 0 N–H and O–H groups in total. The number of hydrogen-bond donors (Lipinski definition) is 0. The summed E-state index contributed by atoms with van der Waals surface area (Å²) in [4.78, 5) is 29.6. The Morgan fingerprint density at radius 1 is 1.03 bits per heavy atom. The van der Waals surface area contributed by atoms with Crippen molar-refractivity contribution in [2.75, 3.05) is 39.4 Å². The van der Waals surface area contributed by atoms with Crippen molar-refractivity contribution in [1.82, 2.24) is 9.80 Å². The molecule has 0 aromatic heterocycles. The molecule has 2 saturated heterocycles. The largest absolute Gasteiger partial charge is 0.489 e. The summed E-state index contributed by atoms with van der Waals surface area (Å²) in [6.07, 6.45) is 1.65. The summed E-state index contributed by atoms with van der Waals surface area (Å²) in [7, 11) is 0. The summed E-state index contributed by atoms with van der Waals surface area (Å²) in [5, 5.41) is 0.663. The van der Waals surface area contributed by atoms with Crippen LogP contribution in [0.3, 0.4) is 0 Å². The standard InChI is InChI=1S/C24H27ClN2O4/c25-21-7-1-4-18(14-21)17-31-22-8-2-5-19(15-22)23(28)27-9-3-6-20(16-27)24(29)26-10-12-30-13-11-26/h1-2,4-5,7-8,14-15,20H,3,6,9-13,16-17H2. The number of morpholine rings is 1. The van der Waals surface area contributed by atoms with Gasteiger partial charge in [0.2, 0.25) is 5.91 Å². The van der Waals surface area contributed by atoms with Crippen molar-refractivity contribution in [2.45, 2.75) is 19.4 Å². The van der Waals surface area contributed by atoms with E-state index < -0.39 is 0 Å². The van der Waals surface area contributed by atoms with Crippen LogP contribution in [0.5, 0.6) is 5.75 Å². The molecule has 6 nitrogen and oxygen atoms in total. The Labute approximate surface area is 187 Å². The molecule has 0 radical (unpaired) electrons. The van der Waals surface area contributed by atoms with Crippen LogP contribution in [0.2, 0.25) is 5.02 Å². The molecule has 2 amide bonds. The maximum Gasteiger partial charge on any atom is 0.254 e. The third-order valence-corrected chi connectivity index (χ3v) is 5.99. The van der Waals surface area contributed by atoms with Crippen molar-refractivity contribution in [3.8, 4) is 5.75 Å². The number of carbonyl (C=O) groups is 2. The lowest BCUT2D eigenvalue weighted by molar-refractivity contribution is -0.141. The van der Waals surface area contributed by atoms with Crippen molar-refractivity contribution in [3.63, 3.8) is 0 Å². The van der Waals surface area contributed by atoms with Crippen LogP contribution in [-0.4, -0.2) is 61.0 Å². The van der Waals surface area contributed by atoms with Gasteiger partial charge in [0.1, 0.15) is 12.4 Å². The highest BCUT2D eigenvalue weighted by Gasteiger charge is 2.32. The molecular formula is C24H27ClN2O4. The second-order valence-electron chi connectivity index (χ2n) is 7.97. The highest BCUT2D eigenvalue weighted by molar-refractivity contribution is 6.30. The van der Waals surface area contributed by atoms with E-state index in [1.807, 2.05) is 41.3 Å². The lowest BCUT2D eigenvalue weighted by Crippen LogP contribution is -2.49. The Hall–Kier alpha value is -2.57. The number of hydrogen-bond acceptors (Lipinski definition) is 4. The van der Waals surface area contributed by atoms with E-state index in [1.165, 1.54) is 0 Å². The molecule has 0 bridgehead atoms. The number of carbonyl (C=O) groups excluding carboxylic acids is 2. The molecule has 0 aliphatic carbocycles. The average Bonchev–Trinajstić information content (AvgIpc) is 2.83. The van der Waals surface area contributed by atoms with Crippen LogP contribution in [0.25, 0.3) is 0 Å². The number of likely N-dealkylation sites (tertiary alicyclic amines) is 1. The van der Waals surface area contributed by atoms with Gasteiger partial charge in [-0.3, -0.25) is 9.59 Å². The number of halogens is 1. The van der Waals surface area contributed by atoms with Gasteiger partial charge in [0.15, 0.2) is 0 Å². The highest BCUT2D eigenvalue weighted by atomic mass is 35.5.